The predicted molar refractivity (Wildman–Crippen MR) is 87.2 cm³/mol. The van der Waals surface area contributed by atoms with Crippen molar-refractivity contribution in [3.8, 4) is 6.07 Å². The highest BCUT2D eigenvalue weighted by molar-refractivity contribution is 7.83. The summed E-state index contributed by atoms with van der Waals surface area (Å²) in [5, 5.41) is 8.76. The van der Waals surface area contributed by atoms with Gasteiger partial charge in [-0.1, -0.05) is 50.2 Å². The highest BCUT2D eigenvalue weighted by atomic mass is 32.2. The number of nitrogens with zero attached hydrogens (tertiary/aromatic N) is 1. The van der Waals surface area contributed by atoms with Gasteiger partial charge in [-0.2, -0.15) is 5.26 Å². The highest BCUT2D eigenvalue weighted by Gasteiger charge is 2.05. The van der Waals surface area contributed by atoms with Gasteiger partial charge in [-0.05, 0) is 34.7 Å². The molecule has 0 heterocycles. The lowest BCUT2D eigenvalue weighted by Gasteiger charge is -2.07. The van der Waals surface area contributed by atoms with E-state index in [4.69, 9.17) is 5.26 Å². The third kappa shape index (κ3) is 4.54. The zero-order valence-electron chi connectivity index (χ0n) is 12.4. The second kappa shape index (κ2) is 7.19. The Kier molecular flexibility index (Phi) is 5.30. The van der Waals surface area contributed by atoms with Gasteiger partial charge < -0.3 is 0 Å². The van der Waals surface area contributed by atoms with Gasteiger partial charge in [-0.15, -0.1) is 0 Å². The lowest BCUT2D eigenvalue weighted by molar-refractivity contribution is 0.682. The van der Waals surface area contributed by atoms with Crippen molar-refractivity contribution in [3.05, 3.63) is 70.8 Å². The van der Waals surface area contributed by atoms with E-state index in [1.807, 2.05) is 12.1 Å². The molecule has 0 aliphatic rings. The van der Waals surface area contributed by atoms with E-state index in [0.29, 0.717) is 23.0 Å². The van der Waals surface area contributed by atoms with Crippen LogP contribution in [0.25, 0.3) is 0 Å². The van der Waals surface area contributed by atoms with Crippen LogP contribution in [0.1, 0.15) is 42.0 Å². The molecule has 0 saturated carbocycles. The zero-order chi connectivity index (χ0) is 15.2. The Balaban J connectivity index is 1.96. The molecule has 2 rings (SSSR count). The van der Waals surface area contributed by atoms with Crippen molar-refractivity contribution in [2.45, 2.75) is 31.3 Å². The maximum atomic E-state index is 12.2. The molecule has 21 heavy (non-hydrogen) atoms. The number of hydrogen-bond acceptors (Lipinski definition) is 2. The van der Waals surface area contributed by atoms with Crippen molar-refractivity contribution in [1.29, 1.82) is 5.26 Å². The minimum Gasteiger partial charge on any atom is -0.259 e. The number of rotatable bonds is 5. The minimum absolute atomic E-state index is 0.517. The SMILES string of the molecule is CC(C)c1ccc(C[S@@](=O)Cc2ccc(C#N)cc2)cc1. The van der Waals surface area contributed by atoms with Crippen LogP contribution in [0, 0.1) is 11.3 Å². The topological polar surface area (TPSA) is 40.9 Å². The quantitative estimate of drug-likeness (QED) is 0.832. The summed E-state index contributed by atoms with van der Waals surface area (Å²) >= 11 is 0. The zero-order valence-corrected chi connectivity index (χ0v) is 13.2. The molecule has 0 fully saturated rings. The fraction of sp³-hybridized carbons (Fsp3) is 0.278. The molecule has 2 nitrogen and oxygen atoms in total. The Morgan fingerprint density at radius 3 is 1.86 bits per heavy atom. The van der Waals surface area contributed by atoms with Gasteiger partial charge in [0.1, 0.15) is 0 Å². The number of benzene rings is 2. The molecule has 108 valence electrons. The van der Waals surface area contributed by atoms with E-state index in [-0.39, 0.29) is 0 Å². The van der Waals surface area contributed by atoms with Crippen LogP contribution < -0.4 is 0 Å². The van der Waals surface area contributed by atoms with Gasteiger partial charge in [0, 0.05) is 22.3 Å². The first-order chi connectivity index (χ1) is 10.1. The number of hydrogen-bond donors (Lipinski definition) is 0. The van der Waals surface area contributed by atoms with E-state index in [2.05, 4.69) is 44.2 Å². The molecular formula is C18H19NOS. The third-order valence-electron chi connectivity index (χ3n) is 3.38. The molecular weight excluding hydrogens is 278 g/mol. The second-order valence-electron chi connectivity index (χ2n) is 5.43. The molecule has 2 aromatic rings. The average Bonchev–Trinajstić information content (AvgIpc) is 2.48. The van der Waals surface area contributed by atoms with Crippen LogP contribution in [0.15, 0.2) is 48.5 Å². The van der Waals surface area contributed by atoms with Crippen LogP contribution in [-0.4, -0.2) is 4.21 Å². The van der Waals surface area contributed by atoms with Crippen LogP contribution in [0.2, 0.25) is 0 Å². The van der Waals surface area contributed by atoms with Gasteiger partial charge in [-0.25, -0.2) is 0 Å². The molecule has 0 spiro atoms. The summed E-state index contributed by atoms with van der Waals surface area (Å²) in [7, 11) is -0.931. The summed E-state index contributed by atoms with van der Waals surface area (Å²) in [6.45, 7) is 4.33. The molecule has 1 atom stereocenters. The summed E-state index contributed by atoms with van der Waals surface area (Å²) in [6.07, 6.45) is 0. The summed E-state index contributed by atoms with van der Waals surface area (Å²) in [6, 6.07) is 17.7. The summed E-state index contributed by atoms with van der Waals surface area (Å²) in [5.41, 5.74) is 4.04. The summed E-state index contributed by atoms with van der Waals surface area (Å²) in [5.74, 6) is 1.61. The summed E-state index contributed by atoms with van der Waals surface area (Å²) in [4.78, 5) is 0. The standard InChI is InChI=1S/C18H19NOS/c1-14(2)18-9-7-17(8-10-18)13-21(20)12-16-5-3-15(11-19)4-6-16/h3-10,14H,12-13H2,1-2H3/t21-/m0/s1. The van der Waals surface area contributed by atoms with Crippen LogP contribution >= 0.6 is 0 Å². The Hall–Kier alpha value is -1.92. The monoisotopic (exact) mass is 297 g/mol. The first-order valence-electron chi connectivity index (χ1n) is 7.01. The molecule has 0 aromatic heterocycles. The van der Waals surface area contributed by atoms with E-state index in [0.717, 1.165) is 11.1 Å². The van der Waals surface area contributed by atoms with Crippen molar-refractivity contribution < 1.29 is 4.21 Å². The molecule has 0 unspecified atom stereocenters. The maximum Gasteiger partial charge on any atom is 0.0991 e. The van der Waals surface area contributed by atoms with E-state index in [1.54, 1.807) is 12.1 Å². The van der Waals surface area contributed by atoms with Gasteiger partial charge in [0.25, 0.3) is 0 Å². The molecule has 0 aliphatic heterocycles. The van der Waals surface area contributed by atoms with Crippen molar-refractivity contribution in [2.75, 3.05) is 0 Å². The van der Waals surface area contributed by atoms with Crippen molar-refractivity contribution >= 4 is 10.8 Å². The Labute approximate surface area is 128 Å². The lowest BCUT2D eigenvalue weighted by Crippen LogP contribution is -2.00. The normalized spacial score (nSPS) is 12.1. The predicted octanol–water partition coefficient (Wildman–Crippen LogP) is 4.13. The highest BCUT2D eigenvalue weighted by Crippen LogP contribution is 2.16. The third-order valence-corrected chi connectivity index (χ3v) is 4.70. The van der Waals surface area contributed by atoms with Gasteiger partial charge in [-0.3, -0.25) is 4.21 Å². The van der Waals surface area contributed by atoms with Gasteiger partial charge in [0.05, 0.1) is 11.6 Å². The molecule has 0 amide bonds. The largest absolute Gasteiger partial charge is 0.259 e. The van der Waals surface area contributed by atoms with E-state index in [1.165, 1.54) is 5.56 Å². The van der Waals surface area contributed by atoms with Crippen LogP contribution in [0.5, 0.6) is 0 Å². The second-order valence-corrected chi connectivity index (χ2v) is 6.89. The van der Waals surface area contributed by atoms with Gasteiger partial charge >= 0.3 is 0 Å². The molecule has 0 radical (unpaired) electrons. The first-order valence-corrected chi connectivity index (χ1v) is 8.50. The smallest absolute Gasteiger partial charge is 0.0991 e. The summed E-state index contributed by atoms with van der Waals surface area (Å²) < 4.78 is 12.2. The molecule has 0 saturated heterocycles. The van der Waals surface area contributed by atoms with Crippen molar-refractivity contribution in [1.82, 2.24) is 0 Å². The Morgan fingerprint density at radius 2 is 1.43 bits per heavy atom. The fourth-order valence-corrected chi connectivity index (χ4v) is 3.33. The Morgan fingerprint density at radius 1 is 0.952 bits per heavy atom. The molecule has 2 aromatic carbocycles. The Bertz CT molecular complexity index is 651. The first kappa shape index (κ1) is 15.5. The van der Waals surface area contributed by atoms with Gasteiger partial charge in [0.15, 0.2) is 0 Å². The minimum atomic E-state index is -0.931. The molecule has 0 bridgehead atoms. The lowest BCUT2D eigenvalue weighted by atomic mass is 10.0. The fourth-order valence-electron chi connectivity index (χ4n) is 2.10. The van der Waals surface area contributed by atoms with Crippen molar-refractivity contribution in [2.24, 2.45) is 0 Å². The van der Waals surface area contributed by atoms with E-state index in [9.17, 15) is 4.21 Å². The molecule has 3 heteroatoms. The van der Waals surface area contributed by atoms with E-state index < -0.39 is 10.8 Å². The number of nitriles is 1. The van der Waals surface area contributed by atoms with Gasteiger partial charge in [0.2, 0.25) is 0 Å². The molecule has 0 N–H and O–H groups in total. The van der Waals surface area contributed by atoms with Crippen LogP contribution in [0.4, 0.5) is 0 Å². The van der Waals surface area contributed by atoms with Crippen LogP contribution in [-0.2, 0) is 22.3 Å². The van der Waals surface area contributed by atoms with Crippen LogP contribution in [0.3, 0.4) is 0 Å². The molecule has 0 aliphatic carbocycles. The average molecular weight is 297 g/mol. The van der Waals surface area contributed by atoms with Crippen molar-refractivity contribution in [3.63, 3.8) is 0 Å². The van der Waals surface area contributed by atoms with E-state index >= 15 is 0 Å². The maximum absolute atomic E-state index is 12.2.